The number of methoxy groups -OCH3 is 1. The minimum absolute atomic E-state index is 0.116. The molecule has 1 aromatic carbocycles. The minimum Gasteiger partial charge on any atom is -0.493 e. The van der Waals surface area contributed by atoms with E-state index < -0.39 is 0 Å². The molecule has 0 spiro atoms. The van der Waals surface area contributed by atoms with E-state index in [2.05, 4.69) is 19.9 Å². The molecule has 0 aromatic heterocycles. The van der Waals surface area contributed by atoms with Crippen molar-refractivity contribution in [2.45, 2.75) is 71.3 Å². The van der Waals surface area contributed by atoms with E-state index in [1.807, 2.05) is 12.1 Å². The van der Waals surface area contributed by atoms with Crippen molar-refractivity contribution < 1.29 is 24.1 Å². The van der Waals surface area contributed by atoms with E-state index in [-0.39, 0.29) is 18.3 Å². The van der Waals surface area contributed by atoms with Crippen LogP contribution in [0.2, 0.25) is 0 Å². The molecule has 1 aromatic rings. The molecule has 178 valence electrons. The maximum Gasteiger partial charge on any atom is 0.231 e. The number of rotatable bonds is 2. The number of fused-ring (bicyclic) bond motifs is 6. The Hall–Kier alpha value is -2.01. The summed E-state index contributed by atoms with van der Waals surface area (Å²) >= 11 is 0. The molecule has 33 heavy (non-hydrogen) atoms. The van der Waals surface area contributed by atoms with Crippen LogP contribution in [0, 0.1) is 34.5 Å². The zero-order valence-electron chi connectivity index (χ0n) is 20.1. The SMILES string of the molecule is COc1cc(/C=C2\C[C@H]3[C@@H]4CC[C@H]5C[C@H](O)CC[C@]5(C)[C@H]4CC[C@]3(C)C2=O)cc2c1OCO2. The fourth-order valence-corrected chi connectivity index (χ4v) is 8.47. The maximum atomic E-state index is 13.7. The van der Waals surface area contributed by atoms with Gasteiger partial charge in [-0.3, -0.25) is 4.79 Å². The van der Waals surface area contributed by atoms with Crippen LogP contribution in [0.1, 0.15) is 70.8 Å². The molecule has 5 aliphatic rings. The molecule has 4 fully saturated rings. The van der Waals surface area contributed by atoms with Crippen LogP contribution in [0.4, 0.5) is 0 Å². The molecule has 0 amide bonds. The second-order valence-corrected chi connectivity index (χ2v) is 11.7. The highest BCUT2D eigenvalue weighted by Gasteiger charge is 2.61. The second-order valence-electron chi connectivity index (χ2n) is 11.7. The first-order valence-corrected chi connectivity index (χ1v) is 12.7. The molecule has 5 heteroatoms. The summed E-state index contributed by atoms with van der Waals surface area (Å²) in [5.74, 6) is 4.67. The summed E-state index contributed by atoms with van der Waals surface area (Å²) < 4.78 is 16.6. The number of ether oxygens (including phenoxy) is 3. The van der Waals surface area contributed by atoms with Crippen LogP contribution in [0.25, 0.3) is 6.08 Å². The molecule has 6 rings (SSSR count). The summed E-state index contributed by atoms with van der Waals surface area (Å²) in [4.78, 5) is 13.7. The summed E-state index contributed by atoms with van der Waals surface area (Å²) in [7, 11) is 1.63. The third-order valence-corrected chi connectivity index (χ3v) is 10.3. The molecule has 1 heterocycles. The lowest BCUT2D eigenvalue weighted by Crippen LogP contribution is -2.54. The van der Waals surface area contributed by atoms with Gasteiger partial charge in [-0.05, 0) is 110 Å². The van der Waals surface area contributed by atoms with Crippen molar-refractivity contribution in [3.05, 3.63) is 23.3 Å². The van der Waals surface area contributed by atoms with E-state index in [9.17, 15) is 9.90 Å². The summed E-state index contributed by atoms with van der Waals surface area (Å²) in [6.45, 7) is 4.93. The van der Waals surface area contributed by atoms with Crippen molar-refractivity contribution >= 4 is 11.9 Å². The molecule has 0 unspecified atom stereocenters. The molecule has 5 nitrogen and oxygen atoms in total. The van der Waals surface area contributed by atoms with Gasteiger partial charge < -0.3 is 19.3 Å². The van der Waals surface area contributed by atoms with E-state index in [0.29, 0.717) is 52.1 Å². The highest BCUT2D eigenvalue weighted by molar-refractivity contribution is 6.06. The van der Waals surface area contributed by atoms with Gasteiger partial charge >= 0.3 is 0 Å². The number of allylic oxidation sites excluding steroid dienone is 1. The number of benzene rings is 1. The van der Waals surface area contributed by atoms with Gasteiger partial charge in [0.1, 0.15) is 0 Å². The second kappa shape index (κ2) is 7.49. The van der Waals surface area contributed by atoms with Gasteiger partial charge in [0, 0.05) is 5.41 Å². The number of ketones is 1. The topological polar surface area (TPSA) is 65.0 Å². The molecule has 1 aliphatic heterocycles. The van der Waals surface area contributed by atoms with Crippen molar-refractivity contribution in [2.75, 3.05) is 13.9 Å². The number of aliphatic hydroxyl groups is 1. The number of Topliss-reactive ketones (excluding diaryl/α,β-unsaturated/α-hetero) is 1. The lowest BCUT2D eigenvalue weighted by molar-refractivity contribution is -0.141. The summed E-state index contributed by atoms with van der Waals surface area (Å²) in [6.07, 6.45) is 10.4. The van der Waals surface area contributed by atoms with Crippen LogP contribution in [0.3, 0.4) is 0 Å². The first-order chi connectivity index (χ1) is 15.8. The quantitative estimate of drug-likeness (QED) is 0.610. The Bertz CT molecular complexity index is 1010. The van der Waals surface area contributed by atoms with E-state index in [1.54, 1.807) is 7.11 Å². The van der Waals surface area contributed by atoms with Crippen molar-refractivity contribution in [3.8, 4) is 17.2 Å². The fourth-order valence-electron chi connectivity index (χ4n) is 8.47. The van der Waals surface area contributed by atoms with Gasteiger partial charge in [-0.1, -0.05) is 13.8 Å². The summed E-state index contributed by atoms with van der Waals surface area (Å²) in [6, 6.07) is 3.90. The number of hydrogen-bond donors (Lipinski definition) is 1. The minimum atomic E-state index is -0.245. The Morgan fingerprint density at radius 3 is 2.76 bits per heavy atom. The third-order valence-electron chi connectivity index (χ3n) is 10.3. The molecule has 1 N–H and O–H groups in total. The zero-order chi connectivity index (χ0) is 23.0. The van der Waals surface area contributed by atoms with E-state index >= 15 is 0 Å². The van der Waals surface area contributed by atoms with Crippen LogP contribution in [-0.4, -0.2) is 30.9 Å². The van der Waals surface area contributed by atoms with Gasteiger partial charge in [0.05, 0.1) is 13.2 Å². The van der Waals surface area contributed by atoms with Crippen molar-refractivity contribution in [1.82, 2.24) is 0 Å². The van der Waals surface area contributed by atoms with Gasteiger partial charge in [0.25, 0.3) is 0 Å². The Kier molecular flexibility index (Phi) is 4.89. The van der Waals surface area contributed by atoms with E-state index in [0.717, 1.165) is 49.7 Å². The smallest absolute Gasteiger partial charge is 0.231 e. The molecule has 4 aliphatic carbocycles. The Labute approximate surface area is 196 Å². The van der Waals surface area contributed by atoms with E-state index in [4.69, 9.17) is 14.2 Å². The predicted molar refractivity (Wildman–Crippen MR) is 125 cm³/mol. The molecule has 0 saturated heterocycles. The molecule has 4 saturated carbocycles. The Morgan fingerprint density at radius 2 is 1.94 bits per heavy atom. The number of hydrogen-bond acceptors (Lipinski definition) is 5. The molecular formula is C28H36O5. The van der Waals surface area contributed by atoms with Crippen LogP contribution >= 0.6 is 0 Å². The molecular weight excluding hydrogens is 416 g/mol. The van der Waals surface area contributed by atoms with E-state index in [1.165, 1.54) is 12.8 Å². The Morgan fingerprint density at radius 1 is 1.09 bits per heavy atom. The summed E-state index contributed by atoms with van der Waals surface area (Å²) in [5.41, 5.74) is 1.97. The van der Waals surface area contributed by atoms with Crippen LogP contribution in [0.15, 0.2) is 17.7 Å². The lowest BCUT2D eigenvalue weighted by atomic mass is 9.45. The monoisotopic (exact) mass is 452 g/mol. The van der Waals surface area contributed by atoms with Gasteiger partial charge in [-0.2, -0.15) is 0 Å². The number of carbonyl (C=O) groups is 1. The van der Waals surface area contributed by atoms with Crippen LogP contribution < -0.4 is 14.2 Å². The average Bonchev–Trinajstić information content (AvgIpc) is 3.37. The molecule has 0 bridgehead atoms. The molecule has 0 radical (unpaired) electrons. The average molecular weight is 453 g/mol. The first-order valence-electron chi connectivity index (χ1n) is 12.7. The lowest BCUT2D eigenvalue weighted by Gasteiger charge is -2.59. The highest BCUT2D eigenvalue weighted by Crippen LogP contribution is 2.66. The van der Waals surface area contributed by atoms with Crippen molar-refractivity contribution in [2.24, 2.45) is 34.5 Å². The van der Waals surface area contributed by atoms with Gasteiger partial charge in [-0.15, -0.1) is 0 Å². The highest BCUT2D eigenvalue weighted by atomic mass is 16.7. The largest absolute Gasteiger partial charge is 0.493 e. The van der Waals surface area contributed by atoms with Gasteiger partial charge in [0.2, 0.25) is 12.5 Å². The van der Waals surface area contributed by atoms with Gasteiger partial charge in [0.15, 0.2) is 17.3 Å². The predicted octanol–water partition coefficient (Wildman–Crippen LogP) is 5.39. The first kappa shape index (κ1) is 21.5. The van der Waals surface area contributed by atoms with Crippen LogP contribution in [0.5, 0.6) is 17.2 Å². The van der Waals surface area contributed by atoms with Crippen LogP contribution in [-0.2, 0) is 4.79 Å². The maximum absolute atomic E-state index is 13.7. The van der Waals surface area contributed by atoms with Crippen molar-refractivity contribution in [1.29, 1.82) is 0 Å². The standard InChI is InChI=1S/C28H36O5/c1-27-8-6-19(29)14-18(27)4-5-20-21(27)7-9-28(2)22(20)13-17(26(28)30)10-16-11-23(31-3)25-24(12-16)32-15-33-25/h10-12,18-22,29H,4-9,13-15H2,1-3H3/b17-10+/t18-,19+,20+,21-,22-,27-,28-/m0/s1. The number of aliphatic hydroxyl groups excluding tert-OH is 1. The zero-order valence-corrected chi connectivity index (χ0v) is 20.1. The normalized spacial score (nSPS) is 42.6. The van der Waals surface area contributed by atoms with Crippen molar-refractivity contribution in [3.63, 3.8) is 0 Å². The fraction of sp³-hybridized carbons (Fsp3) is 0.679. The Balaban J connectivity index is 1.31. The van der Waals surface area contributed by atoms with Gasteiger partial charge in [-0.25, -0.2) is 0 Å². The third kappa shape index (κ3) is 3.10. The summed E-state index contributed by atoms with van der Waals surface area (Å²) in [5, 5.41) is 10.3. The number of carbonyl (C=O) groups excluding carboxylic acids is 1. The molecule has 7 atom stereocenters.